The van der Waals surface area contributed by atoms with Gasteiger partial charge in [0.15, 0.2) is 6.61 Å². The van der Waals surface area contributed by atoms with E-state index in [9.17, 15) is 22.8 Å². The number of carbonyl (C=O) groups is 2. The number of hydrogen-bond acceptors (Lipinski definition) is 4. The fourth-order valence-electron chi connectivity index (χ4n) is 2.04. The van der Waals surface area contributed by atoms with Crippen molar-refractivity contribution in [3.8, 4) is 11.5 Å². The number of ether oxygens (including phenoxy) is 2. The van der Waals surface area contributed by atoms with Gasteiger partial charge >= 0.3 is 6.18 Å². The lowest BCUT2D eigenvalue weighted by Crippen LogP contribution is -2.35. The summed E-state index contributed by atoms with van der Waals surface area (Å²) < 4.78 is 48.4. The quantitative estimate of drug-likeness (QED) is 0.724. The summed E-state index contributed by atoms with van der Waals surface area (Å²) in [6, 6.07) is 9.06. The van der Waals surface area contributed by atoms with Crippen LogP contribution in [0.15, 0.2) is 42.5 Å². The molecule has 0 aliphatic heterocycles. The molecule has 2 rings (SSSR count). The molecule has 6 nitrogen and oxygen atoms in total. The summed E-state index contributed by atoms with van der Waals surface area (Å²) in [5, 5.41) is 4.46. The smallest absolute Gasteiger partial charge is 0.416 e. The molecular formula is C18H16ClF3N2O4. The number of anilines is 1. The molecular weight excluding hydrogens is 401 g/mol. The highest BCUT2D eigenvalue weighted by Crippen LogP contribution is 2.33. The largest absolute Gasteiger partial charge is 0.497 e. The lowest BCUT2D eigenvalue weighted by atomic mass is 10.2. The Morgan fingerprint density at radius 2 is 1.68 bits per heavy atom. The normalized spacial score (nSPS) is 10.9. The van der Waals surface area contributed by atoms with Gasteiger partial charge in [0.1, 0.15) is 11.5 Å². The first-order valence-electron chi connectivity index (χ1n) is 7.89. The molecule has 0 atom stereocenters. The minimum absolute atomic E-state index is 0.0597. The molecule has 2 aromatic carbocycles. The minimum atomic E-state index is -4.57. The number of alkyl halides is 3. The third-order valence-electron chi connectivity index (χ3n) is 3.44. The molecule has 0 aliphatic rings. The SMILES string of the molecule is COc1ccc(OCC(=O)NCC(=O)Nc2cc(C(F)(F)F)ccc2Cl)cc1. The second-order valence-electron chi connectivity index (χ2n) is 5.48. The Morgan fingerprint density at radius 3 is 2.29 bits per heavy atom. The van der Waals surface area contributed by atoms with Gasteiger partial charge < -0.3 is 20.1 Å². The topological polar surface area (TPSA) is 76.7 Å². The summed E-state index contributed by atoms with van der Waals surface area (Å²) in [7, 11) is 1.51. The fourth-order valence-corrected chi connectivity index (χ4v) is 2.21. The number of rotatable bonds is 7. The average molecular weight is 417 g/mol. The lowest BCUT2D eigenvalue weighted by molar-refractivity contribution is -0.137. The summed E-state index contributed by atoms with van der Waals surface area (Å²) in [5.74, 6) is -0.266. The van der Waals surface area contributed by atoms with Gasteiger partial charge in [0.05, 0.1) is 29.9 Å². The lowest BCUT2D eigenvalue weighted by Gasteiger charge is -2.12. The van der Waals surface area contributed by atoms with E-state index in [-0.39, 0.29) is 17.3 Å². The van der Waals surface area contributed by atoms with Crippen molar-refractivity contribution in [1.29, 1.82) is 0 Å². The molecule has 0 aromatic heterocycles. The van der Waals surface area contributed by atoms with Crippen molar-refractivity contribution >= 4 is 29.1 Å². The first kappa shape index (κ1) is 21.4. The Kier molecular flexibility index (Phi) is 7.11. The molecule has 10 heteroatoms. The van der Waals surface area contributed by atoms with Crippen LogP contribution in [0.2, 0.25) is 5.02 Å². The third kappa shape index (κ3) is 6.34. The number of amides is 2. The highest BCUT2D eigenvalue weighted by molar-refractivity contribution is 6.33. The van der Waals surface area contributed by atoms with Crippen LogP contribution in [0.3, 0.4) is 0 Å². The molecule has 0 aliphatic carbocycles. The minimum Gasteiger partial charge on any atom is -0.497 e. The highest BCUT2D eigenvalue weighted by atomic mass is 35.5. The zero-order valence-electron chi connectivity index (χ0n) is 14.6. The van der Waals surface area contributed by atoms with Crippen LogP contribution in [0.1, 0.15) is 5.56 Å². The van der Waals surface area contributed by atoms with Crippen molar-refractivity contribution < 1.29 is 32.2 Å². The highest BCUT2D eigenvalue weighted by Gasteiger charge is 2.31. The van der Waals surface area contributed by atoms with Crippen LogP contribution >= 0.6 is 11.6 Å². The van der Waals surface area contributed by atoms with Gasteiger partial charge in [-0.25, -0.2) is 0 Å². The van der Waals surface area contributed by atoms with Crippen molar-refractivity contribution in [1.82, 2.24) is 5.32 Å². The van der Waals surface area contributed by atoms with Crippen molar-refractivity contribution in [2.24, 2.45) is 0 Å². The van der Waals surface area contributed by atoms with E-state index in [0.717, 1.165) is 18.2 Å². The summed E-state index contributed by atoms with van der Waals surface area (Å²) in [5.41, 5.74) is -1.16. The molecule has 150 valence electrons. The second-order valence-corrected chi connectivity index (χ2v) is 5.89. The van der Waals surface area contributed by atoms with E-state index in [4.69, 9.17) is 21.1 Å². The molecule has 2 aromatic rings. The van der Waals surface area contributed by atoms with Crippen molar-refractivity contribution in [3.05, 3.63) is 53.1 Å². The van der Waals surface area contributed by atoms with Gasteiger partial charge in [-0.05, 0) is 42.5 Å². The average Bonchev–Trinajstić information content (AvgIpc) is 2.66. The molecule has 0 unspecified atom stereocenters. The maximum absolute atomic E-state index is 12.7. The maximum atomic E-state index is 12.7. The van der Waals surface area contributed by atoms with Crippen LogP contribution in [-0.2, 0) is 15.8 Å². The van der Waals surface area contributed by atoms with Gasteiger partial charge in [0, 0.05) is 0 Å². The summed E-state index contributed by atoms with van der Waals surface area (Å²) in [6.07, 6.45) is -4.57. The van der Waals surface area contributed by atoms with E-state index < -0.39 is 30.1 Å². The van der Waals surface area contributed by atoms with Crippen molar-refractivity contribution in [2.45, 2.75) is 6.18 Å². The zero-order valence-corrected chi connectivity index (χ0v) is 15.4. The molecule has 0 bridgehead atoms. The second kappa shape index (κ2) is 9.32. The number of nitrogens with one attached hydrogen (secondary N) is 2. The van der Waals surface area contributed by atoms with Crippen LogP contribution in [0.4, 0.5) is 18.9 Å². The number of halogens is 4. The number of benzene rings is 2. The van der Waals surface area contributed by atoms with Gasteiger partial charge in [0.25, 0.3) is 5.91 Å². The number of methoxy groups -OCH3 is 1. The van der Waals surface area contributed by atoms with E-state index in [1.54, 1.807) is 24.3 Å². The Bertz CT molecular complexity index is 842. The molecule has 0 radical (unpaired) electrons. The van der Waals surface area contributed by atoms with Crippen LogP contribution in [0, 0.1) is 0 Å². The Morgan fingerprint density at radius 1 is 1.04 bits per heavy atom. The first-order chi connectivity index (χ1) is 13.2. The van der Waals surface area contributed by atoms with Gasteiger partial charge in [-0.1, -0.05) is 11.6 Å². The number of hydrogen-bond donors (Lipinski definition) is 2. The molecule has 0 fully saturated rings. The van der Waals surface area contributed by atoms with E-state index >= 15 is 0 Å². The third-order valence-corrected chi connectivity index (χ3v) is 3.77. The van der Waals surface area contributed by atoms with Crippen LogP contribution in [0.25, 0.3) is 0 Å². The summed E-state index contributed by atoms with van der Waals surface area (Å²) in [4.78, 5) is 23.6. The van der Waals surface area contributed by atoms with Crippen LogP contribution in [-0.4, -0.2) is 32.1 Å². The first-order valence-corrected chi connectivity index (χ1v) is 8.27. The van der Waals surface area contributed by atoms with Gasteiger partial charge in [-0.15, -0.1) is 0 Å². The van der Waals surface area contributed by atoms with E-state index in [0.29, 0.717) is 11.5 Å². The van der Waals surface area contributed by atoms with Gasteiger partial charge in [0.2, 0.25) is 5.91 Å². The molecule has 0 spiro atoms. The molecule has 0 saturated carbocycles. The van der Waals surface area contributed by atoms with E-state index in [2.05, 4.69) is 10.6 Å². The van der Waals surface area contributed by atoms with E-state index in [1.165, 1.54) is 7.11 Å². The van der Waals surface area contributed by atoms with Crippen molar-refractivity contribution in [3.63, 3.8) is 0 Å². The monoisotopic (exact) mass is 416 g/mol. The zero-order chi connectivity index (χ0) is 20.7. The van der Waals surface area contributed by atoms with Crippen LogP contribution < -0.4 is 20.1 Å². The fraction of sp³-hybridized carbons (Fsp3) is 0.222. The Balaban J connectivity index is 1.82. The molecule has 0 saturated heterocycles. The van der Waals surface area contributed by atoms with Crippen molar-refractivity contribution in [2.75, 3.05) is 25.6 Å². The van der Waals surface area contributed by atoms with Crippen LogP contribution in [0.5, 0.6) is 11.5 Å². The standard InChI is InChI=1S/C18H16ClF3N2O4/c1-27-12-3-5-13(6-4-12)28-10-17(26)23-9-16(25)24-15-8-11(18(20,21)22)2-7-14(15)19/h2-8H,9-10H2,1H3,(H,23,26)(H,24,25). The molecule has 28 heavy (non-hydrogen) atoms. The Labute approximate surface area is 163 Å². The predicted octanol–water partition coefficient (Wildman–Crippen LogP) is 3.50. The molecule has 0 heterocycles. The molecule has 2 amide bonds. The predicted molar refractivity (Wildman–Crippen MR) is 96.6 cm³/mol. The molecule has 2 N–H and O–H groups in total. The maximum Gasteiger partial charge on any atom is 0.416 e. The summed E-state index contributed by atoms with van der Waals surface area (Å²) >= 11 is 5.79. The van der Waals surface area contributed by atoms with Gasteiger partial charge in [-0.3, -0.25) is 9.59 Å². The Hall–Kier alpha value is -2.94. The number of carbonyl (C=O) groups excluding carboxylic acids is 2. The van der Waals surface area contributed by atoms with Gasteiger partial charge in [-0.2, -0.15) is 13.2 Å². The van der Waals surface area contributed by atoms with E-state index in [1.807, 2.05) is 0 Å². The summed E-state index contributed by atoms with van der Waals surface area (Å²) in [6.45, 7) is -0.804.